The van der Waals surface area contributed by atoms with Crippen molar-refractivity contribution in [1.29, 1.82) is 0 Å². The van der Waals surface area contributed by atoms with Crippen molar-refractivity contribution in [1.82, 2.24) is 9.80 Å². The highest BCUT2D eigenvalue weighted by atomic mass is 16.4. The molecule has 1 fully saturated rings. The van der Waals surface area contributed by atoms with Crippen LogP contribution in [-0.4, -0.2) is 47.0 Å². The number of urea groups is 1. The fraction of sp³-hybridized carbons (Fsp3) is 0.286. The molecule has 0 aliphatic carbocycles. The molecule has 0 atom stereocenters. The third-order valence-electron chi connectivity index (χ3n) is 3.07. The van der Waals surface area contributed by atoms with E-state index in [1.807, 2.05) is 24.3 Å². The van der Waals surface area contributed by atoms with Gasteiger partial charge in [0.2, 0.25) is 0 Å². The van der Waals surface area contributed by atoms with Crippen molar-refractivity contribution in [2.24, 2.45) is 0 Å². The summed E-state index contributed by atoms with van der Waals surface area (Å²) in [6, 6.07) is 7.56. The minimum atomic E-state index is -0.963. The largest absolute Gasteiger partial charge is 0.478 e. The molecule has 0 radical (unpaired) electrons. The van der Waals surface area contributed by atoms with Crippen LogP contribution < -0.4 is 0 Å². The van der Waals surface area contributed by atoms with Crippen LogP contribution >= 0.6 is 0 Å². The number of carbonyl (C=O) groups excluding carboxylic acids is 1. The SMILES string of the molecule is CN1CCN(Cc2ccc(C=CC(=O)O)cc2)C1=O. The first kappa shape index (κ1) is 13.1. The Hall–Kier alpha value is -2.30. The molecule has 2 rings (SSSR count). The second-order valence-electron chi connectivity index (χ2n) is 4.54. The van der Waals surface area contributed by atoms with E-state index in [9.17, 15) is 9.59 Å². The van der Waals surface area contributed by atoms with Crippen molar-refractivity contribution in [3.05, 3.63) is 41.5 Å². The Morgan fingerprint density at radius 3 is 2.53 bits per heavy atom. The molecular formula is C14H16N2O3. The highest BCUT2D eigenvalue weighted by Crippen LogP contribution is 2.13. The number of hydrogen-bond acceptors (Lipinski definition) is 2. The van der Waals surface area contributed by atoms with Gasteiger partial charge in [0.15, 0.2) is 0 Å². The number of carboxylic acids is 1. The zero-order valence-corrected chi connectivity index (χ0v) is 10.7. The maximum absolute atomic E-state index is 11.7. The minimum Gasteiger partial charge on any atom is -0.478 e. The number of hydrogen-bond donors (Lipinski definition) is 1. The van der Waals surface area contributed by atoms with Gasteiger partial charge >= 0.3 is 12.0 Å². The molecule has 0 saturated carbocycles. The third kappa shape index (κ3) is 3.34. The molecule has 0 bridgehead atoms. The summed E-state index contributed by atoms with van der Waals surface area (Å²) >= 11 is 0. The fourth-order valence-electron chi connectivity index (χ4n) is 1.97. The van der Waals surface area contributed by atoms with E-state index in [0.29, 0.717) is 6.54 Å². The van der Waals surface area contributed by atoms with E-state index in [2.05, 4.69) is 0 Å². The van der Waals surface area contributed by atoms with Crippen LogP contribution in [0.5, 0.6) is 0 Å². The molecule has 1 aliphatic heterocycles. The summed E-state index contributed by atoms with van der Waals surface area (Å²) in [5.74, 6) is -0.963. The first-order chi connectivity index (χ1) is 9.06. The van der Waals surface area contributed by atoms with Crippen LogP contribution in [0.3, 0.4) is 0 Å². The topological polar surface area (TPSA) is 60.9 Å². The van der Waals surface area contributed by atoms with Gasteiger partial charge in [0.1, 0.15) is 0 Å². The fourth-order valence-corrected chi connectivity index (χ4v) is 1.97. The third-order valence-corrected chi connectivity index (χ3v) is 3.07. The van der Waals surface area contributed by atoms with E-state index in [-0.39, 0.29) is 6.03 Å². The molecule has 1 saturated heterocycles. The van der Waals surface area contributed by atoms with E-state index in [4.69, 9.17) is 5.11 Å². The normalized spacial score (nSPS) is 15.5. The average Bonchev–Trinajstić information content (AvgIpc) is 2.70. The molecule has 5 heteroatoms. The average molecular weight is 260 g/mol. The Balaban J connectivity index is 1.99. The van der Waals surface area contributed by atoms with E-state index in [1.165, 1.54) is 0 Å². The van der Waals surface area contributed by atoms with Crippen LogP contribution in [0.2, 0.25) is 0 Å². The van der Waals surface area contributed by atoms with Crippen molar-refractivity contribution < 1.29 is 14.7 Å². The van der Waals surface area contributed by atoms with Gasteiger partial charge in [-0.3, -0.25) is 0 Å². The van der Waals surface area contributed by atoms with Gasteiger partial charge in [-0.25, -0.2) is 9.59 Å². The summed E-state index contributed by atoms with van der Waals surface area (Å²) in [6.45, 7) is 2.10. The summed E-state index contributed by atoms with van der Waals surface area (Å²) in [6.07, 6.45) is 2.65. The molecule has 1 N–H and O–H groups in total. The lowest BCUT2D eigenvalue weighted by Gasteiger charge is -2.15. The van der Waals surface area contributed by atoms with Crippen LogP contribution in [0.1, 0.15) is 11.1 Å². The highest BCUT2D eigenvalue weighted by Gasteiger charge is 2.24. The molecule has 100 valence electrons. The number of benzene rings is 1. The zero-order chi connectivity index (χ0) is 13.8. The lowest BCUT2D eigenvalue weighted by Crippen LogP contribution is -2.28. The quantitative estimate of drug-likeness (QED) is 0.837. The Morgan fingerprint density at radius 2 is 2.00 bits per heavy atom. The first-order valence-corrected chi connectivity index (χ1v) is 6.06. The second-order valence-corrected chi connectivity index (χ2v) is 4.54. The van der Waals surface area contributed by atoms with Crippen molar-refractivity contribution in [3.63, 3.8) is 0 Å². The molecule has 0 aromatic heterocycles. The van der Waals surface area contributed by atoms with Crippen LogP contribution in [0.15, 0.2) is 30.3 Å². The van der Waals surface area contributed by atoms with E-state index < -0.39 is 5.97 Å². The first-order valence-electron chi connectivity index (χ1n) is 6.06. The van der Waals surface area contributed by atoms with Crippen molar-refractivity contribution in [3.8, 4) is 0 Å². The van der Waals surface area contributed by atoms with Gasteiger partial charge in [0.05, 0.1) is 0 Å². The zero-order valence-electron chi connectivity index (χ0n) is 10.7. The number of amides is 2. The van der Waals surface area contributed by atoms with Gasteiger partial charge < -0.3 is 14.9 Å². The summed E-state index contributed by atoms with van der Waals surface area (Å²) in [5.41, 5.74) is 1.87. The van der Waals surface area contributed by atoms with Gasteiger partial charge in [-0.1, -0.05) is 24.3 Å². The Labute approximate surface area is 111 Å². The molecule has 2 amide bonds. The number of carbonyl (C=O) groups is 2. The standard InChI is InChI=1S/C14H16N2O3/c1-15-8-9-16(14(15)19)10-12-4-2-11(3-5-12)6-7-13(17)18/h2-7H,8-10H2,1H3,(H,17,18). The molecule has 5 nitrogen and oxygen atoms in total. The maximum Gasteiger partial charge on any atom is 0.328 e. The lowest BCUT2D eigenvalue weighted by atomic mass is 10.1. The molecular weight excluding hydrogens is 244 g/mol. The monoisotopic (exact) mass is 260 g/mol. The number of carboxylic acid groups (broad SMARTS) is 1. The molecule has 0 unspecified atom stereocenters. The van der Waals surface area contributed by atoms with Crippen LogP contribution in [0.25, 0.3) is 6.08 Å². The number of likely N-dealkylation sites (N-methyl/N-ethyl adjacent to an activating group) is 1. The number of aliphatic carboxylic acids is 1. The molecule has 0 spiro atoms. The Kier molecular flexibility index (Phi) is 3.85. The van der Waals surface area contributed by atoms with Crippen LogP contribution in [0.4, 0.5) is 4.79 Å². The van der Waals surface area contributed by atoms with Crippen LogP contribution in [-0.2, 0) is 11.3 Å². The number of rotatable bonds is 4. The van der Waals surface area contributed by atoms with Gasteiger partial charge in [-0.2, -0.15) is 0 Å². The van der Waals surface area contributed by atoms with Gasteiger partial charge in [-0.05, 0) is 17.2 Å². The van der Waals surface area contributed by atoms with E-state index >= 15 is 0 Å². The van der Waals surface area contributed by atoms with Gasteiger partial charge in [-0.15, -0.1) is 0 Å². The van der Waals surface area contributed by atoms with E-state index in [0.717, 1.165) is 30.3 Å². The molecule has 1 aromatic rings. The molecule has 19 heavy (non-hydrogen) atoms. The van der Waals surface area contributed by atoms with Crippen molar-refractivity contribution in [2.45, 2.75) is 6.54 Å². The predicted molar refractivity (Wildman–Crippen MR) is 71.5 cm³/mol. The minimum absolute atomic E-state index is 0.0508. The predicted octanol–water partition coefficient (Wildman–Crippen LogP) is 1.65. The molecule has 1 heterocycles. The Bertz CT molecular complexity index is 508. The molecule has 1 aliphatic rings. The van der Waals surface area contributed by atoms with Gasteiger partial charge in [0, 0.05) is 32.8 Å². The second kappa shape index (κ2) is 5.56. The van der Waals surface area contributed by atoms with Crippen molar-refractivity contribution in [2.75, 3.05) is 20.1 Å². The smallest absolute Gasteiger partial charge is 0.328 e. The van der Waals surface area contributed by atoms with Gasteiger partial charge in [0.25, 0.3) is 0 Å². The highest BCUT2D eigenvalue weighted by molar-refractivity contribution is 5.85. The lowest BCUT2D eigenvalue weighted by molar-refractivity contribution is -0.131. The summed E-state index contributed by atoms with van der Waals surface area (Å²) in [4.78, 5) is 25.6. The molecule has 1 aromatic carbocycles. The number of nitrogens with zero attached hydrogens (tertiary/aromatic N) is 2. The van der Waals surface area contributed by atoms with E-state index in [1.54, 1.807) is 22.9 Å². The van der Waals surface area contributed by atoms with Crippen LogP contribution in [0, 0.1) is 0 Å². The Morgan fingerprint density at radius 1 is 1.32 bits per heavy atom. The summed E-state index contributed by atoms with van der Waals surface area (Å²) in [7, 11) is 1.79. The van der Waals surface area contributed by atoms with Crippen molar-refractivity contribution >= 4 is 18.1 Å². The summed E-state index contributed by atoms with van der Waals surface area (Å²) < 4.78 is 0. The summed E-state index contributed by atoms with van der Waals surface area (Å²) in [5, 5.41) is 8.54. The maximum atomic E-state index is 11.7.